The van der Waals surface area contributed by atoms with E-state index in [1.807, 2.05) is 25.2 Å². The van der Waals surface area contributed by atoms with Gasteiger partial charge in [-0.05, 0) is 63.5 Å². The summed E-state index contributed by atoms with van der Waals surface area (Å²) in [6.07, 6.45) is 25.3. The molecule has 0 aromatic heterocycles. The van der Waals surface area contributed by atoms with E-state index < -0.39 is 5.97 Å². The Morgan fingerprint density at radius 3 is 2.48 bits per heavy atom. The third-order valence-corrected chi connectivity index (χ3v) is 3.49. The lowest BCUT2D eigenvalue weighted by atomic mass is 10.1. The number of unbranched alkanes of at least 4 members (excludes halogenated alkanes) is 2. The van der Waals surface area contributed by atoms with E-state index in [1.54, 1.807) is 6.08 Å². The zero-order valence-corrected chi connectivity index (χ0v) is 15.6. The minimum Gasteiger partial charge on any atom is -0.481 e. The topological polar surface area (TPSA) is 54.4 Å². The van der Waals surface area contributed by atoms with Crippen LogP contribution in [-0.2, 0) is 9.59 Å². The van der Waals surface area contributed by atoms with E-state index in [-0.39, 0.29) is 12.2 Å². The standard InChI is InChI=1S/C16H22O.C6H10O2/c1-2-3-4-5-6-7-8-9-10-12-15-13-11-14-16(15)17;1-2-3-4-5-6(7)8/h3-4,6-7,11-12,14H,2,5,8-10,13H2,1H3;2-3H,4-5H2,1H3,(H,7,8)/b4-3-,7-6-,15-12+;3-2-. The van der Waals surface area contributed by atoms with Gasteiger partial charge in [0.2, 0.25) is 0 Å². The molecule has 138 valence electrons. The highest BCUT2D eigenvalue weighted by Gasteiger charge is 2.08. The Bertz CT molecular complexity index is 519. The number of carboxylic acid groups (broad SMARTS) is 1. The smallest absolute Gasteiger partial charge is 0.303 e. The Morgan fingerprint density at radius 1 is 1.12 bits per heavy atom. The molecule has 1 N–H and O–H groups in total. The fourth-order valence-corrected chi connectivity index (χ4v) is 2.13. The van der Waals surface area contributed by atoms with Crippen molar-refractivity contribution in [1.29, 1.82) is 0 Å². The molecule has 0 atom stereocenters. The summed E-state index contributed by atoms with van der Waals surface area (Å²) >= 11 is 0. The Hall–Kier alpha value is -2.16. The lowest BCUT2D eigenvalue weighted by Gasteiger charge is -1.94. The van der Waals surface area contributed by atoms with Gasteiger partial charge in [0.1, 0.15) is 0 Å². The van der Waals surface area contributed by atoms with Gasteiger partial charge in [-0.2, -0.15) is 0 Å². The van der Waals surface area contributed by atoms with Crippen LogP contribution in [-0.4, -0.2) is 16.9 Å². The van der Waals surface area contributed by atoms with E-state index >= 15 is 0 Å². The molecule has 3 heteroatoms. The lowest BCUT2D eigenvalue weighted by Crippen LogP contribution is -1.91. The van der Waals surface area contributed by atoms with E-state index in [1.165, 1.54) is 0 Å². The average molecular weight is 344 g/mol. The molecule has 0 aliphatic heterocycles. The van der Waals surface area contributed by atoms with Gasteiger partial charge in [-0.1, -0.05) is 55.5 Å². The summed E-state index contributed by atoms with van der Waals surface area (Å²) < 4.78 is 0. The summed E-state index contributed by atoms with van der Waals surface area (Å²) in [6.45, 7) is 4.02. The number of carbonyl (C=O) groups excluding carboxylic acids is 1. The van der Waals surface area contributed by atoms with Crippen LogP contribution in [0.5, 0.6) is 0 Å². The van der Waals surface area contributed by atoms with Gasteiger partial charge in [0.25, 0.3) is 0 Å². The van der Waals surface area contributed by atoms with Crippen molar-refractivity contribution in [3.8, 4) is 0 Å². The van der Waals surface area contributed by atoms with Crippen molar-refractivity contribution in [2.45, 2.75) is 65.2 Å². The molecular formula is C22H32O3. The molecule has 0 fully saturated rings. The molecule has 0 bridgehead atoms. The minimum atomic E-state index is -0.733. The zero-order chi connectivity index (χ0) is 18.8. The van der Waals surface area contributed by atoms with Gasteiger partial charge in [0.05, 0.1) is 0 Å². The van der Waals surface area contributed by atoms with Gasteiger partial charge < -0.3 is 5.11 Å². The van der Waals surface area contributed by atoms with Crippen molar-refractivity contribution in [2.75, 3.05) is 0 Å². The Balaban J connectivity index is 0.000000609. The van der Waals surface area contributed by atoms with Crippen LogP contribution in [0, 0.1) is 0 Å². The van der Waals surface area contributed by atoms with Gasteiger partial charge in [-0.15, -0.1) is 0 Å². The van der Waals surface area contributed by atoms with E-state index in [0.717, 1.165) is 44.1 Å². The normalized spacial score (nSPS) is 15.6. The third kappa shape index (κ3) is 15.1. The number of allylic oxidation sites excluding steroid dienone is 10. The van der Waals surface area contributed by atoms with E-state index in [2.05, 4.69) is 37.3 Å². The van der Waals surface area contributed by atoms with Crippen molar-refractivity contribution < 1.29 is 14.7 Å². The highest BCUT2D eigenvalue weighted by atomic mass is 16.4. The van der Waals surface area contributed by atoms with Crippen LogP contribution in [0.2, 0.25) is 0 Å². The number of aliphatic carboxylic acids is 1. The first-order valence-corrected chi connectivity index (χ1v) is 9.14. The van der Waals surface area contributed by atoms with Gasteiger partial charge >= 0.3 is 5.97 Å². The molecule has 25 heavy (non-hydrogen) atoms. The predicted molar refractivity (Wildman–Crippen MR) is 106 cm³/mol. The largest absolute Gasteiger partial charge is 0.481 e. The van der Waals surface area contributed by atoms with Crippen LogP contribution in [0.4, 0.5) is 0 Å². The fourth-order valence-electron chi connectivity index (χ4n) is 2.13. The second kappa shape index (κ2) is 16.7. The zero-order valence-electron chi connectivity index (χ0n) is 15.6. The fraction of sp³-hybridized carbons (Fsp3) is 0.455. The molecule has 0 aromatic carbocycles. The van der Waals surface area contributed by atoms with Gasteiger partial charge in [-0.3, -0.25) is 9.59 Å². The molecular weight excluding hydrogens is 312 g/mol. The van der Waals surface area contributed by atoms with Crippen LogP contribution in [0.15, 0.2) is 60.3 Å². The summed E-state index contributed by atoms with van der Waals surface area (Å²) in [5.41, 5.74) is 0.972. The summed E-state index contributed by atoms with van der Waals surface area (Å²) in [7, 11) is 0. The molecule has 3 nitrogen and oxygen atoms in total. The molecule has 0 heterocycles. The number of ketones is 1. The Kier molecular flexibility index (Phi) is 15.2. The Morgan fingerprint density at radius 2 is 1.88 bits per heavy atom. The summed E-state index contributed by atoms with van der Waals surface area (Å²) in [6, 6.07) is 0. The summed E-state index contributed by atoms with van der Waals surface area (Å²) in [5, 5.41) is 8.11. The minimum absolute atomic E-state index is 0.199. The van der Waals surface area contributed by atoms with Gasteiger partial charge in [-0.25, -0.2) is 0 Å². The number of hydrogen-bond acceptors (Lipinski definition) is 2. The molecule has 0 aromatic rings. The molecule has 0 saturated heterocycles. The van der Waals surface area contributed by atoms with Crippen LogP contribution in [0.1, 0.15) is 65.2 Å². The molecule has 0 amide bonds. The van der Waals surface area contributed by atoms with E-state index in [4.69, 9.17) is 5.11 Å². The molecule has 0 radical (unpaired) electrons. The van der Waals surface area contributed by atoms with Crippen molar-refractivity contribution in [2.24, 2.45) is 0 Å². The number of hydrogen-bond donors (Lipinski definition) is 1. The van der Waals surface area contributed by atoms with E-state index in [0.29, 0.717) is 6.42 Å². The maximum Gasteiger partial charge on any atom is 0.303 e. The second-order valence-electron chi connectivity index (χ2n) is 5.72. The first kappa shape index (κ1) is 22.8. The second-order valence-corrected chi connectivity index (χ2v) is 5.72. The first-order valence-electron chi connectivity index (χ1n) is 9.14. The Labute approximate surface area is 152 Å². The quantitative estimate of drug-likeness (QED) is 0.302. The molecule has 1 aliphatic rings. The van der Waals surface area contributed by atoms with Crippen LogP contribution in [0.3, 0.4) is 0 Å². The number of carboxylic acids is 1. The van der Waals surface area contributed by atoms with Crippen LogP contribution < -0.4 is 0 Å². The van der Waals surface area contributed by atoms with Crippen LogP contribution in [0.25, 0.3) is 0 Å². The summed E-state index contributed by atoms with van der Waals surface area (Å²) in [4.78, 5) is 21.1. The van der Waals surface area contributed by atoms with Crippen molar-refractivity contribution >= 4 is 11.8 Å². The third-order valence-electron chi connectivity index (χ3n) is 3.49. The average Bonchev–Trinajstić information content (AvgIpc) is 2.99. The van der Waals surface area contributed by atoms with Gasteiger partial charge in [0.15, 0.2) is 5.78 Å². The lowest BCUT2D eigenvalue weighted by molar-refractivity contribution is -0.136. The van der Waals surface area contributed by atoms with Crippen molar-refractivity contribution in [3.63, 3.8) is 0 Å². The van der Waals surface area contributed by atoms with Crippen LogP contribution >= 0.6 is 0 Å². The summed E-state index contributed by atoms with van der Waals surface area (Å²) in [5.74, 6) is -0.534. The molecule has 1 rings (SSSR count). The monoisotopic (exact) mass is 344 g/mol. The van der Waals surface area contributed by atoms with Gasteiger partial charge in [0, 0.05) is 6.42 Å². The first-order chi connectivity index (χ1) is 12.1. The van der Waals surface area contributed by atoms with E-state index in [9.17, 15) is 9.59 Å². The molecule has 0 saturated carbocycles. The molecule has 0 unspecified atom stereocenters. The maximum atomic E-state index is 11.3. The molecule has 0 spiro atoms. The molecule has 1 aliphatic carbocycles. The highest BCUT2D eigenvalue weighted by molar-refractivity contribution is 6.06. The predicted octanol–water partition coefficient (Wildman–Crippen LogP) is 5.95. The van der Waals surface area contributed by atoms with Crippen molar-refractivity contribution in [1.82, 2.24) is 0 Å². The number of carbonyl (C=O) groups is 2. The van der Waals surface area contributed by atoms with Crippen molar-refractivity contribution in [3.05, 3.63) is 60.3 Å². The SMILES string of the molecule is C/C=C\CCC(=O)O.CC/C=C\C/C=C\CCC/C=C1\CC=CC1=O. The highest BCUT2D eigenvalue weighted by Crippen LogP contribution is 2.14. The maximum absolute atomic E-state index is 11.3. The number of rotatable bonds is 10.